The van der Waals surface area contributed by atoms with Gasteiger partial charge in [-0.2, -0.15) is 0 Å². The maximum Gasteiger partial charge on any atom is 0.264 e. The van der Waals surface area contributed by atoms with E-state index in [9.17, 15) is 13.2 Å². The number of carbonyl (C=O) groups is 1. The maximum absolute atomic E-state index is 13.2. The second kappa shape index (κ2) is 8.53. The smallest absolute Gasteiger partial charge is 0.264 e. The molecule has 3 rings (SSSR count). The summed E-state index contributed by atoms with van der Waals surface area (Å²) in [5.74, 6) is 1.03. The molecule has 0 radical (unpaired) electrons. The van der Waals surface area contributed by atoms with Crippen molar-refractivity contribution in [1.29, 1.82) is 0 Å². The van der Waals surface area contributed by atoms with Gasteiger partial charge in [0.25, 0.3) is 15.9 Å². The van der Waals surface area contributed by atoms with Crippen LogP contribution in [0.1, 0.15) is 41.8 Å². The molecule has 0 saturated heterocycles. The van der Waals surface area contributed by atoms with Crippen LogP contribution in [-0.4, -0.2) is 20.9 Å². The molecule has 0 fully saturated rings. The van der Waals surface area contributed by atoms with Crippen LogP contribution < -0.4 is 9.62 Å². The van der Waals surface area contributed by atoms with Crippen LogP contribution in [0.25, 0.3) is 0 Å². The van der Waals surface area contributed by atoms with Gasteiger partial charge in [0, 0.05) is 12.1 Å². The van der Waals surface area contributed by atoms with E-state index in [4.69, 9.17) is 4.42 Å². The first-order valence-corrected chi connectivity index (χ1v) is 10.8. The molecule has 152 valence electrons. The SMILES string of the molecule is CCN(c1ccccc1)S(=O)(=O)c1cccc(C(=O)NC(C)c2ccc(C)o2)c1. The molecular weight excluding hydrogens is 388 g/mol. The Morgan fingerprint density at radius 2 is 1.79 bits per heavy atom. The highest BCUT2D eigenvalue weighted by molar-refractivity contribution is 7.92. The zero-order valence-electron chi connectivity index (χ0n) is 16.6. The number of benzene rings is 2. The lowest BCUT2D eigenvalue weighted by Crippen LogP contribution is -2.31. The number of aryl methyl sites for hydroxylation is 1. The monoisotopic (exact) mass is 412 g/mol. The van der Waals surface area contributed by atoms with Crippen molar-refractivity contribution < 1.29 is 17.6 Å². The van der Waals surface area contributed by atoms with Crippen molar-refractivity contribution in [2.24, 2.45) is 0 Å². The second-order valence-corrected chi connectivity index (χ2v) is 8.54. The van der Waals surface area contributed by atoms with E-state index in [1.807, 2.05) is 26.0 Å². The molecule has 0 bridgehead atoms. The van der Waals surface area contributed by atoms with Gasteiger partial charge in [-0.05, 0) is 63.2 Å². The van der Waals surface area contributed by atoms with E-state index in [2.05, 4.69) is 5.32 Å². The topological polar surface area (TPSA) is 79.6 Å². The third-order valence-electron chi connectivity index (χ3n) is 4.55. The molecule has 1 unspecified atom stereocenters. The number of para-hydroxylation sites is 1. The highest BCUT2D eigenvalue weighted by Crippen LogP contribution is 2.24. The fourth-order valence-electron chi connectivity index (χ4n) is 3.05. The molecule has 1 heterocycles. The van der Waals surface area contributed by atoms with Gasteiger partial charge in [-0.15, -0.1) is 0 Å². The molecule has 29 heavy (non-hydrogen) atoms. The number of hydrogen-bond donors (Lipinski definition) is 1. The van der Waals surface area contributed by atoms with Gasteiger partial charge in [-0.25, -0.2) is 8.42 Å². The summed E-state index contributed by atoms with van der Waals surface area (Å²) in [5, 5.41) is 2.84. The summed E-state index contributed by atoms with van der Waals surface area (Å²) in [6.07, 6.45) is 0. The van der Waals surface area contributed by atoms with Crippen molar-refractivity contribution in [3.63, 3.8) is 0 Å². The third-order valence-corrected chi connectivity index (χ3v) is 6.45. The van der Waals surface area contributed by atoms with Crippen molar-refractivity contribution in [3.05, 3.63) is 83.8 Å². The Morgan fingerprint density at radius 3 is 2.41 bits per heavy atom. The Hall–Kier alpha value is -3.06. The highest BCUT2D eigenvalue weighted by Gasteiger charge is 2.24. The van der Waals surface area contributed by atoms with Crippen LogP contribution in [0.15, 0.2) is 76.0 Å². The Labute approximate surface area is 171 Å². The lowest BCUT2D eigenvalue weighted by atomic mass is 10.2. The molecule has 0 saturated carbocycles. The van der Waals surface area contributed by atoms with Gasteiger partial charge in [-0.3, -0.25) is 9.10 Å². The number of sulfonamides is 1. The summed E-state index contributed by atoms with van der Waals surface area (Å²) in [7, 11) is -3.80. The summed E-state index contributed by atoms with van der Waals surface area (Å²) in [6.45, 7) is 5.69. The Kier molecular flexibility index (Phi) is 6.08. The largest absolute Gasteiger partial charge is 0.464 e. The lowest BCUT2D eigenvalue weighted by Gasteiger charge is -2.23. The van der Waals surface area contributed by atoms with Gasteiger partial charge in [0.05, 0.1) is 16.6 Å². The van der Waals surface area contributed by atoms with Gasteiger partial charge in [-0.1, -0.05) is 24.3 Å². The Bertz CT molecular complexity index is 1090. The molecule has 1 amide bonds. The van der Waals surface area contributed by atoms with Crippen molar-refractivity contribution in [3.8, 4) is 0 Å². The highest BCUT2D eigenvalue weighted by atomic mass is 32.2. The van der Waals surface area contributed by atoms with Crippen LogP contribution in [0.3, 0.4) is 0 Å². The fraction of sp³-hybridized carbons (Fsp3) is 0.227. The zero-order chi connectivity index (χ0) is 21.0. The first-order valence-electron chi connectivity index (χ1n) is 9.38. The Morgan fingerprint density at radius 1 is 1.07 bits per heavy atom. The van der Waals surface area contributed by atoms with Crippen LogP contribution in [0.5, 0.6) is 0 Å². The summed E-state index contributed by atoms with van der Waals surface area (Å²) in [6, 6.07) is 18.2. The molecule has 0 spiro atoms. The van der Waals surface area contributed by atoms with E-state index in [0.29, 0.717) is 11.4 Å². The standard InChI is InChI=1S/C22H24N2O4S/c1-4-24(19-10-6-5-7-11-19)29(26,27)20-12-8-9-18(15-20)22(25)23-17(3)21-14-13-16(2)28-21/h5-15,17H,4H2,1-3H3,(H,23,25). The summed E-state index contributed by atoms with van der Waals surface area (Å²) in [5.41, 5.74) is 0.844. The lowest BCUT2D eigenvalue weighted by molar-refractivity contribution is 0.0935. The molecule has 2 aromatic carbocycles. The average Bonchev–Trinajstić information content (AvgIpc) is 3.16. The Balaban J connectivity index is 1.85. The molecule has 6 nitrogen and oxygen atoms in total. The second-order valence-electron chi connectivity index (χ2n) is 6.68. The fourth-order valence-corrected chi connectivity index (χ4v) is 4.57. The summed E-state index contributed by atoms with van der Waals surface area (Å²) < 4.78 is 33.2. The van der Waals surface area contributed by atoms with Crippen LogP contribution >= 0.6 is 0 Å². The minimum absolute atomic E-state index is 0.0670. The number of nitrogens with zero attached hydrogens (tertiary/aromatic N) is 1. The van der Waals surface area contributed by atoms with E-state index in [0.717, 1.165) is 5.76 Å². The predicted molar refractivity (Wildman–Crippen MR) is 112 cm³/mol. The van der Waals surface area contributed by atoms with E-state index in [1.54, 1.807) is 49.4 Å². The quantitative estimate of drug-likeness (QED) is 0.628. The number of amides is 1. The molecule has 3 aromatic rings. The molecule has 0 aliphatic carbocycles. The number of carbonyl (C=O) groups excluding carboxylic acids is 1. The molecule has 0 aliphatic rings. The average molecular weight is 413 g/mol. The van der Waals surface area contributed by atoms with Crippen molar-refractivity contribution >= 4 is 21.6 Å². The maximum atomic E-state index is 13.2. The number of rotatable bonds is 7. The van der Waals surface area contributed by atoms with E-state index < -0.39 is 10.0 Å². The first-order chi connectivity index (χ1) is 13.8. The summed E-state index contributed by atoms with van der Waals surface area (Å²) >= 11 is 0. The molecule has 1 N–H and O–H groups in total. The molecule has 7 heteroatoms. The van der Waals surface area contributed by atoms with Crippen LogP contribution in [0.2, 0.25) is 0 Å². The molecule has 1 aromatic heterocycles. The number of hydrogen-bond acceptors (Lipinski definition) is 4. The van der Waals surface area contributed by atoms with E-state index in [1.165, 1.54) is 16.4 Å². The van der Waals surface area contributed by atoms with Crippen molar-refractivity contribution in [1.82, 2.24) is 5.32 Å². The number of nitrogens with one attached hydrogen (secondary N) is 1. The first kappa shape index (κ1) is 20.7. The van der Waals surface area contributed by atoms with Crippen LogP contribution in [-0.2, 0) is 10.0 Å². The minimum Gasteiger partial charge on any atom is -0.464 e. The minimum atomic E-state index is -3.80. The van der Waals surface area contributed by atoms with Gasteiger partial charge >= 0.3 is 0 Å². The van der Waals surface area contributed by atoms with Crippen molar-refractivity contribution in [2.75, 3.05) is 10.8 Å². The van der Waals surface area contributed by atoms with Gasteiger partial charge in [0.15, 0.2) is 0 Å². The molecule has 1 atom stereocenters. The zero-order valence-corrected chi connectivity index (χ0v) is 17.4. The molecular formula is C22H24N2O4S. The third kappa shape index (κ3) is 4.51. The van der Waals surface area contributed by atoms with Gasteiger partial charge in [0.2, 0.25) is 0 Å². The van der Waals surface area contributed by atoms with E-state index in [-0.39, 0.29) is 29.0 Å². The van der Waals surface area contributed by atoms with Crippen molar-refractivity contribution in [2.45, 2.75) is 31.7 Å². The van der Waals surface area contributed by atoms with E-state index >= 15 is 0 Å². The normalized spacial score (nSPS) is 12.4. The van der Waals surface area contributed by atoms with Gasteiger partial charge in [0.1, 0.15) is 11.5 Å². The number of furan rings is 1. The molecule has 0 aliphatic heterocycles. The summed E-state index contributed by atoms with van der Waals surface area (Å²) in [4.78, 5) is 12.7. The number of anilines is 1. The van der Waals surface area contributed by atoms with Crippen LogP contribution in [0, 0.1) is 6.92 Å². The van der Waals surface area contributed by atoms with Gasteiger partial charge < -0.3 is 9.73 Å². The predicted octanol–water partition coefficient (Wildman–Crippen LogP) is 4.29. The van der Waals surface area contributed by atoms with Crippen LogP contribution in [0.4, 0.5) is 5.69 Å².